The molecular weight excluding hydrogens is 312 g/mol. The van der Waals surface area contributed by atoms with Gasteiger partial charge in [0.1, 0.15) is 12.1 Å². The molecule has 24 heavy (non-hydrogen) atoms. The Morgan fingerprint density at radius 3 is 2.75 bits per heavy atom. The van der Waals surface area contributed by atoms with Gasteiger partial charge in [0.15, 0.2) is 6.29 Å². The second-order valence-corrected chi connectivity index (χ2v) is 5.32. The van der Waals surface area contributed by atoms with E-state index in [0.717, 1.165) is 0 Å². The van der Waals surface area contributed by atoms with Crippen LogP contribution in [0.25, 0.3) is 0 Å². The van der Waals surface area contributed by atoms with Crippen molar-refractivity contribution >= 4 is 11.8 Å². The Morgan fingerprint density at radius 2 is 2.17 bits per heavy atom. The first-order chi connectivity index (χ1) is 11.6. The minimum atomic E-state index is -0.950. The number of nitrogens with one attached hydrogen (secondary N) is 1. The quantitative estimate of drug-likeness (QED) is 0.724. The van der Waals surface area contributed by atoms with Gasteiger partial charge in [-0.1, -0.05) is 24.3 Å². The molecule has 0 saturated carbocycles. The van der Waals surface area contributed by atoms with E-state index in [9.17, 15) is 14.7 Å². The van der Waals surface area contributed by atoms with Gasteiger partial charge in [0, 0.05) is 19.2 Å². The van der Waals surface area contributed by atoms with E-state index in [2.05, 4.69) is 11.9 Å². The van der Waals surface area contributed by atoms with Crippen molar-refractivity contribution in [2.75, 3.05) is 26.8 Å². The first-order valence-electron chi connectivity index (χ1n) is 7.66. The number of morpholine rings is 1. The van der Waals surface area contributed by atoms with Crippen molar-refractivity contribution in [3.8, 4) is 0 Å². The summed E-state index contributed by atoms with van der Waals surface area (Å²) in [5, 5.41) is 12.3. The Kier molecular flexibility index (Phi) is 6.48. The molecule has 0 radical (unpaired) electrons. The van der Waals surface area contributed by atoms with E-state index >= 15 is 0 Å². The van der Waals surface area contributed by atoms with Crippen molar-refractivity contribution in [2.45, 2.75) is 18.4 Å². The van der Waals surface area contributed by atoms with Crippen LogP contribution in [0.2, 0.25) is 0 Å². The molecule has 2 amide bonds. The van der Waals surface area contributed by atoms with E-state index in [0.29, 0.717) is 5.56 Å². The average Bonchev–Trinajstić information content (AvgIpc) is 2.64. The van der Waals surface area contributed by atoms with Gasteiger partial charge in [0.25, 0.3) is 5.91 Å². The number of aliphatic hydroxyl groups is 1. The van der Waals surface area contributed by atoms with Crippen LogP contribution in [0.4, 0.5) is 0 Å². The lowest BCUT2D eigenvalue weighted by Crippen LogP contribution is -2.63. The van der Waals surface area contributed by atoms with Crippen molar-refractivity contribution in [3.63, 3.8) is 0 Å². The minimum Gasteiger partial charge on any atom is -0.394 e. The summed E-state index contributed by atoms with van der Waals surface area (Å²) >= 11 is 0. The third-order valence-corrected chi connectivity index (χ3v) is 3.77. The van der Waals surface area contributed by atoms with E-state index in [1.807, 2.05) is 0 Å². The maximum atomic E-state index is 12.8. The van der Waals surface area contributed by atoms with Crippen molar-refractivity contribution in [1.82, 2.24) is 10.2 Å². The molecule has 0 bridgehead atoms. The fourth-order valence-electron chi connectivity index (χ4n) is 2.60. The minimum absolute atomic E-state index is 0.0902. The number of rotatable bonds is 6. The number of aliphatic hydroxyl groups excluding tert-OH is 1. The normalized spacial score (nSPS) is 23.6. The van der Waals surface area contributed by atoms with E-state index < -0.39 is 30.9 Å². The highest BCUT2D eigenvalue weighted by Crippen LogP contribution is 2.21. The molecule has 0 aliphatic carbocycles. The second-order valence-electron chi connectivity index (χ2n) is 5.32. The Balaban J connectivity index is 2.31. The standard InChI is InChI=1S/C17H22N2O5/c1-3-9-18-16(21)15-13(11-20)24-14(23-2)10-19(15)17(22)12-7-5-4-6-8-12/h3-8,13-15,20H,1,9-11H2,2H3,(H,18,21)/t13-,14+,15-/m0/s1. The molecule has 1 aliphatic rings. The zero-order chi connectivity index (χ0) is 17.5. The van der Waals surface area contributed by atoms with Gasteiger partial charge in [-0.2, -0.15) is 0 Å². The molecule has 3 atom stereocenters. The van der Waals surface area contributed by atoms with Crippen LogP contribution in [0.1, 0.15) is 10.4 Å². The molecule has 2 N–H and O–H groups in total. The van der Waals surface area contributed by atoms with Crippen molar-refractivity contribution in [3.05, 3.63) is 48.6 Å². The number of hydrogen-bond donors (Lipinski definition) is 2. The number of amides is 2. The fourth-order valence-corrected chi connectivity index (χ4v) is 2.60. The molecular formula is C17H22N2O5. The molecule has 0 aromatic heterocycles. The van der Waals surface area contributed by atoms with Gasteiger partial charge in [-0.25, -0.2) is 0 Å². The number of benzene rings is 1. The Labute approximate surface area is 140 Å². The van der Waals surface area contributed by atoms with Crippen molar-refractivity contribution in [1.29, 1.82) is 0 Å². The zero-order valence-electron chi connectivity index (χ0n) is 13.6. The lowest BCUT2D eigenvalue weighted by atomic mass is 10.0. The summed E-state index contributed by atoms with van der Waals surface area (Å²) in [6.07, 6.45) is -0.0453. The van der Waals surface area contributed by atoms with Gasteiger partial charge in [-0.3, -0.25) is 9.59 Å². The fraction of sp³-hybridized carbons (Fsp3) is 0.412. The van der Waals surface area contributed by atoms with E-state index in [1.54, 1.807) is 30.3 Å². The molecule has 7 nitrogen and oxygen atoms in total. The highest BCUT2D eigenvalue weighted by Gasteiger charge is 2.43. The van der Waals surface area contributed by atoms with E-state index in [1.165, 1.54) is 18.1 Å². The monoisotopic (exact) mass is 334 g/mol. The molecule has 1 aliphatic heterocycles. The van der Waals surface area contributed by atoms with Gasteiger partial charge in [-0.05, 0) is 12.1 Å². The van der Waals surface area contributed by atoms with Crippen LogP contribution >= 0.6 is 0 Å². The summed E-state index contributed by atoms with van der Waals surface area (Å²) in [6, 6.07) is 7.70. The van der Waals surface area contributed by atoms with E-state index in [4.69, 9.17) is 9.47 Å². The van der Waals surface area contributed by atoms with Crippen LogP contribution in [-0.2, 0) is 14.3 Å². The molecule has 1 saturated heterocycles. The number of carbonyl (C=O) groups is 2. The number of methoxy groups -OCH3 is 1. The van der Waals surface area contributed by atoms with Gasteiger partial charge < -0.3 is 24.8 Å². The average molecular weight is 334 g/mol. The van der Waals surface area contributed by atoms with E-state index in [-0.39, 0.29) is 19.0 Å². The number of carbonyl (C=O) groups excluding carboxylic acids is 2. The van der Waals surface area contributed by atoms with Crippen molar-refractivity contribution < 1.29 is 24.2 Å². The SMILES string of the molecule is C=CCNC(=O)[C@@H]1[C@H](CO)O[C@@H](OC)CN1C(=O)c1ccccc1. The van der Waals surface area contributed by atoms with Gasteiger partial charge in [0.05, 0.1) is 13.2 Å². The molecule has 0 spiro atoms. The first kappa shape index (κ1) is 18.1. The second kappa shape index (κ2) is 8.58. The largest absolute Gasteiger partial charge is 0.394 e. The van der Waals surface area contributed by atoms with Crippen LogP contribution < -0.4 is 5.32 Å². The van der Waals surface area contributed by atoms with Crippen LogP contribution in [0.3, 0.4) is 0 Å². The highest BCUT2D eigenvalue weighted by atomic mass is 16.7. The molecule has 1 fully saturated rings. The highest BCUT2D eigenvalue weighted by molar-refractivity contribution is 5.98. The smallest absolute Gasteiger partial charge is 0.254 e. The van der Waals surface area contributed by atoms with Gasteiger partial charge >= 0.3 is 0 Å². The van der Waals surface area contributed by atoms with Crippen LogP contribution in [0.15, 0.2) is 43.0 Å². The number of nitrogens with zero attached hydrogens (tertiary/aromatic N) is 1. The Bertz CT molecular complexity index is 578. The third kappa shape index (κ3) is 4.00. The summed E-state index contributed by atoms with van der Waals surface area (Å²) in [5.41, 5.74) is 0.451. The molecule has 130 valence electrons. The number of ether oxygens (including phenoxy) is 2. The molecule has 2 rings (SSSR count). The summed E-state index contributed by atoms with van der Waals surface area (Å²) in [4.78, 5) is 26.7. The topological polar surface area (TPSA) is 88.1 Å². The summed E-state index contributed by atoms with van der Waals surface area (Å²) in [7, 11) is 1.45. The maximum absolute atomic E-state index is 12.8. The lowest BCUT2D eigenvalue weighted by Gasteiger charge is -2.42. The van der Waals surface area contributed by atoms with Gasteiger partial charge in [0.2, 0.25) is 5.91 Å². The lowest BCUT2D eigenvalue weighted by molar-refractivity contribution is -0.216. The molecule has 1 aromatic carbocycles. The van der Waals surface area contributed by atoms with Gasteiger partial charge in [-0.15, -0.1) is 6.58 Å². The van der Waals surface area contributed by atoms with Crippen LogP contribution in [-0.4, -0.2) is 67.1 Å². The molecule has 0 unspecified atom stereocenters. The zero-order valence-corrected chi connectivity index (χ0v) is 13.6. The molecule has 1 heterocycles. The Hall–Kier alpha value is -2.22. The van der Waals surface area contributed by atoms with Crippen LogP contribution in [0, 0.1) is 0 Å². The molecule has 1 aromatic rings. The van der Waals surface area contributed by atoms with Crippen molar-refractivity contribution in [2.24, 2.45) is 0 Å². The third-order valence-electron chi connectivity index (χ3n) is 3.77. The summed E-state index contributed by atoms with van der Waals surface area (Å²) < 4.78 is 10.7. The summed E-state index contributed by atoms with van der Waals surface area (Å²) in [6.45, 7) is 3.48. The number of hydrogen-bond acceptors (Lipinski definition) is 5. The Morgan fingerprint density at radius 1 is 1.46 bits per heavy atom. The predicted molar refractivity (Wildman–Crippen MR) is 87.2 cm³/mol. The van der Waals surface area contributed by atoms with Crippen LogP contribution in [0.5, 0.6) is 0 Å². The maximum Gasteiger partial charge on any atom is 0.254 e. The first-order valence-corrected chi connectivity index (χ1v) is 7.66. The predicted octanol–water partition coefficient (Wildman–Crippen LogP) is 0.163. The summed E-state index contributed by atoms with van der Waals surface area (Å²) in [5.74, 6) is -0.731. The molecule has 7 heteroatoms.